The van der Waals surface area contributed by atoms with E-state index in [2.05, 4.69) is 26.3 Å². The SMILES string of the molecule is CC1(NC(=O)c2cccc(Nc3ccc(C(=O)NC4=NCCN4)cc3S(C)(=O)=O)c2Cl)CC1. The van der Waals surface area contributed by atoms with Gasteiger partial charge >= 0.3 is 0 Å². The van der Waals surface area contributed by atoms with Crippen LogP contribution in [0.5, 0.6) is 0 Å². The molecule has 1 saturated carbocycles. The van der Waals surface area contributed by atoms with Crippen molar-refractivity contribution in [2.24, 2.45) is 4.99 Å². The Bertz CT molecular complexity index is 1270. The first-order valence-corrected chi connectivity index (χ1v) is 12.6. The maximum Gasteiger partial charge on any atom is 0.257 e. The van der Waals surface area contributed by atoms with E-state index in [0.29, 0.717) is 24.7 Å². The number of carbonyl (C=O) groups is 2. The summed E-state index contributed by atoms with van der Waals surface area (Å²) in [5, 5.41) is 11.7. The van der Waals surface area contributed by atoms with Crippen LogP contribution in [0.25, 0.3) is 0 Å². The first-order chi connectivity index (χ1) is 15.6. The second-order valence-corrected chi connectivity index (χ2v) is 10.8. The average molecular weight is 490 g/mol. The van der Waals surface area contributed by atoms with Crippen LogP contribution in [0, 0.1) is 0 Å². The van der Waals surface area contributed by atoms with Gasteiger partial charge in [0.25, 0.3) is 11.8 Å². The number of aliphatic imine (C=N–C) groups is 1. The van der Waals surface area contributed by atoms with Gasteiger partial charge in [0.15, 0.2) is 15.8 Å². The lowest BCUT2D eigenvalue weighted by molar-refractivity contribution is 0.0934. The van der Waals surface area contributed by atoms with Crippen molar-refractivity contribution in [3.05, 3.63) is 52.5 Å². The lowest BCUT2D eigenvalue weighted by atomic mass is 10.1. The number of carbonyl (C=O) groups excluding carboxylic acids is 2. The quantitative estimate of drug-likeness (QED) is 0.493. The number of hydrogen-bond donors (Lipinski definition) is 4. The van der Waals surface area contributed by atoms with E-state index in [1.165, 1.54) is 18.2 Å². The van der Waals surface area contributed by atoms with E-state index < -0.39 is 15.7 Å². The van der Waals surface area contributed by atoms with Crippen LogP contribution >= 0.6 is 11.6 Å². The monoisotopic (exact) mass is 489 g/mol. The number of sulfone groups is 1. The van der Waals surface area contributed by atoms with E-state index in [-0.39, 0.29) is 38.2 Å². The van der Waals surface area contributed by atoms with E-state index in [0.717, 1.165) is 19.1 Å². The lowest BCUT2D eigenvalue weighted by Crippen LogP contribution is -2.38. The first kappa shape index (κ1) is 23.1. The molecule has 2 aromatic carbocycles. The summed E-state index contributed by atoms with van der Waals surface area (Å²) in [7, 11) is -3.70. The maximum atomic E-state index is 12.6. The maximum absolute atomic E-state index is 12.6. The fraction of sp³-hybridized carbons (Fsp3) is 0.318. The second kappa shape index (κ2) is 8.68. The summed E-state index contributed by atoms with van der Waals surface area (Å²) >= 11 is 6.49. The van der Waals surface area contributed by atoms with E-state index >= 15 is 0 Å². The molecule has 4 N–H and O–H groups in total. The van der Waals surface area contributed by atoms with Crippen LogP contribution in [0.4, 0.5) is 11.4 Å². The molecule has 0 atom stereocenters. The summed E-state index contributed by atoms with van der Waals surface area (Å²) in [6, 6.07) is 9.20. The van der Waals surface area contributed by atoms with Gasteiger partial charge in [-0.15, -0.1) is 0 Å². The molecule has 174 valence electrons. The Morgan fingerprint density at radius 3 is 2.52 bits per heavy atom. The van der Waals surface area contributed by atoms with Crippen molar-refractivity contribution in [2.45, 2.75) is 30.2 Å². The second-order valence-electron chi connectivity index (χ2n) is 8.40. The van der Waals surface area contributed by atoms with Gasteiger partial charge in [0.05, 0.1) is 33.4 Å². The minimum absolute atomic E-state index is 0.0760. The number of guanidine groups is 1. The van der Waals surface area contributed by atoms with Crippen molar-refractivity contribution in [2.75, 3.05) is 24.7 Å². The predicted molar refractivity (Wildman–Crippen MR) is 127 cm³/mol. The molecular weight excluding hydrogens is 466 g/mol. The molecule has 1 aliphatic carbocycles. The molecule has 0 unspecified atom stereocenters. The van der Waals surface area contributed by atoms with E-state index in [4.69, 9.17) is 11.6 Å². The smallest absolute Gasteiger partial charge is 0.257 e. The molecule has 0 spiro atoms. The number of halogens is 1. The third kappa shape index (κ3) is 5.28. The van der Waals surface area contributed by atoms with Gasteiger partial charge in [0.1, 0.15) is 0 Å². The van der Waals surface area contributed by atoms with Crippen LogP contribution in [0.1, 0.15) is 40.5 Å². The third-order valence-electron chi connectivity index (χ3n) is 5.48. The fourth-order valence-electron chi connectivity index (χ4n) is 3.34. The van der Waals surface area contributed by atoms with Crippen LogP contribution in [-0.2, 0) is 9.84 Å². The van der Waals surface area contributed by atoms with E-state index in [1.54, 1.807) is 18.2 Å². The summed E-state index contributed by atoms with van der Waals surface area (Å²) in [5.41, 5.74) is 0.852. The van der Waals surface area contributed by atoms with Crippen molar-refractivity contribution in [1.82, 2.24) is 16.0 Å². The Balaban J connectivity index is 1.62. The van der Waals surface area contributed by atoms with Crippen molar-refractivity contribution < 1.29 is 18.0 Å². The summed E-state index contributed by atoms with van der Waals surface area (Å²) in [5.74, 6) is -0.419. The number of amides is 2. The Labute approximate surface area is 196 Å². The minimum atomic E-state index is -3.70. The summed E-state index contributed by atoms with van der Waals surface area (Å²) in [4.78, 5) is 29.2. The molecule has 11 heteroatoms. The van der Waals surface area contributed by atoms with Gasteiger partial charge in [-0.1, -0.05) is 17.7 Å². The minimum Gasteiger partial charge on any atom is -0.354 e. The standard InChI is InChI=1S/C22H24ClN5O4S/c1-22(8-9-22)28-20(30)14-4-3-5-16(18(14)23)26-15-7-6-13(12-17(15)33(2,31)32)19(29)27-21-24-10-11-25-21/h3-7,12,26H,8-11H2,1-2H3,(H,28,30)(H2,24,25,27,29). The van der Waals surface area contributed by atoms with Crippen LogP contribution in [0.3, 0.4) is 0 Å². The van der Waals surface area contributed by atoms with Crippen molar-refractivity contribution in [3.63, 3.8) is 0 Å². The zero-order valence-corrected chi connectivity index (χ0v) is 19.7. The molecule has 1 fully saturated rings. The van der Waals surface area contributed by atoms with Gasteiger partial charge in [-0.25, -0.2) is 8.42 Å². The van der Waals surface area contributed by atoms with Crippen LogP contribution in [0.15, 0.2) is 46.3 Å². The number of benzene rings is 2. The zero-order chi connectivity index (χ0) is 23.8. The first-order valence-electron chi connectivity index (χ1n) is 10.4. The largest absolute Gasteiger partial charge is 0.354 e. The molecule has 0 saturated heterocycles. The molecule has 1 heterocycles. The molecule has 0 bridgehead atoms. The Morgan fingerprint density at radius 2 is 1.88 bits per heavy atom. The van der Waals surface area contributed by atoms with Gasteiger partial charge in [-0.3, -0.25) is 19.9 Å². The molecular formula is C22H24ClN5O4S. The summed E-state index contributed by atoms with van der Waals surface area (Å²) < 4.78 is 25.0. The van der Waals surface area contributed by atoms with E-state index in [9.17, 15) is 18.0 Å². The normalized spacial score (nSPS) is 16.4. The molecule has 2 aliphatic rings. The molecule has 9 nitrogen and oxygen atoms in total. The summed E-state index contributed by atoms with van der Waals surface area (Å²) in [6.07, 6.45) is 2.88. The van der Waals surface area contributed by atoms with Crippen LogP contribution in [0.2, 0.25) is 5.02 Å². The number of hydrogen-bond acceptors (Lipinski definition) is 7. The van der Waals surface area contributed by atoms with Gasteiger partial charge < -0.3 is 16.0 Å². The van der Waals surface area contributed by atoms with Crippen molar-refractivity contribution in [1.29, 1.82) is 0 Å². The molecule has 4 rings (SSSR count). The molecule has 2 aromatic rings. The van der Waals surface area contributed by atoms with Crippen LogP contribution in [-0.4, -0.2) is 51.1 Å². The van der Waals surface area contributed by atoms with Crippen molar-refractivity contribution >= 4 is 50.6 Å². The topological polar surface area (TPSA) is 129 Å². The number of nitrogens with zero attached hydrogens (tertiary/aromatic N) is 1. The number of nitrogens with one attached hydrogen (secondary N) is 4. The molecule has 1 aliphatic heterocycles. The highest BCUT2D eigenvalue weighted by atomic mass is 35.5. The number of rotatable bonds is 6. The molecule has 0 radical (unpaired) electrons. The summed E-state index contributed by atoms with van der Waals surface area (Å²) in [6.45, 7) is 3.15. The molecule has 0 aromatic heterocycles. The predicted octanol–water partition coefficient (Wildman–Crippen LogP) is 2.46. The van der Waals surface area contributed by atoms with Gasteiger partial charge in [-0.2, -0.15) is 0 Å². The Morgan fingerprint density at radius 1 is 1.12 bits per heavy atom. The Hall–Kier alpha value is -3.11. The highest BCUT2D eigenvalue weighted by molar-refractivity contribution is 7.90. The third-order valence-corrected chi connectivity index (χ3v) is 7.02. The average Bonchev–Trinajstić information content (AvgIpc) is 3.24. The Kier molecular flexibility index (Phi) is 6.06. The fourth-order valence-corrected chi connectivity index (χ4v) is 4.46. The van der Waals surface area contributed by atoms with Gasteiger partial charge in [0, 0.05) is 23.9 Å². The molecule has 2 amide bonds. The molecule has 33 heavy (non-hydrogen) atoms. The van der Waals surface area contributed by atoms with Crippen LogP contribution < -0.4 is 21.3 Å². The highest BCUT2D eigenvalue weighted by Crippen LogP contribution is 2.36. The van der Waals surface area contributed by atoms with Gasteiger partial charge in [-0.05, 0) is 50.1 Å². The van der Waals surface area contributed by atoms with E-state index in [1.807, 2.05) is 6.92 Å². The lowest BCUT2D eigenvalue weighted by Gasteiger charge is -2.16. The van der Waals surface area contributed by atoms with Gasteiger partial charge in [0.2, 0.25) is 0 Å². The highest BCUT2D eigenvalue weighted by Gasteiger charge is 2.39. The van der Waals surface area contributed by atoms with Crippen molar-refractivity contribution in [3.8, 4) is 0 Å². The zero-order valence-electron chi connectivity index (χ0n) is 18.2. The number of anilines is 2.